The van der Waals surface area contributed by atoms with E-state index in [9.17, 15) is 9.90 Å². The van der Waals surface area contributed by atoms with E-state index < -0.39 is 0 Å². The van der Waals surface area contributed by atoms with Crippen LogP contribution in [0.5, 0.6) is 0 Å². The molecule has 0 amide bonds. The molecule has 6 rings (SSSR count). The van der Waals surface area contributed by atoms with Crippen molar-refractivity contribution in [2.75, 3.05) is 0 Å². The maximum absolute atomic E-state index is 12.2. The van der Waals surface area contributed by atoms with Gasteiger partial charge in [-0.3, -0.25) is 9.78 Å². The van der Waals surface area contributed by atoms with E-state index in [0.29, 0.717) is 5.92 Å². The summed E-state index contributed by atoms with van der Waals surface area (Å²) >= 11 is 0. The molecule has 1 N–H and O–H groups in total. The molecule has 0 aliphatic carbocycles. The quantitative estimate of drug-likeness (QED) is 0.0607. The van der Waals surface area contributed by atoms with Crippen molar-refractivity contribution < 1.29 is 34.4 Å². The van der Waals surface area contributed by atoms with Gasteiger partial charge < -0.3 is 9.52 Å². The third kappa shape index (κ3) is 8.30. The van der Waals surface area contributed by atoms with Gasteiger partial charge in [0.15, 0.2) is 5.78 Å². The molecule has 6 aromatic rings. The maximum atomic E-state index is 12.2. The van der Waals surface area contributed by atoms with Crippen LogP contribution in [-0.4, -0.2) is 20.9 Å². The fourth-order valence-electron chi connectivity index (χ4n) is 6.91. The SMILES string of the molecule is CCC(C)(CC)C(=O)/C=C(\O)C(C)(CC)CC.Cc1c[c-]c(-c2nc(C(C)C)nc3c2ccc2cccc(CC(C)C)c23)c2oc3ccccc3c12.[Ir]. The predicted octanol–water partition coefficient (Wildman–Crippen LogP) is 13.4. The minimum atomic E-state index is -0.337. The van der Waals surface area contributed by atoms with E-state index in [1.165, 1.54) is 22.4 Å². The van der Waals surface area contributed by atoms with Crippen LogP contribution in [0.3, 0.4) is 0 Å². The Morgan fingerprint density at radius 1 is 0.849 bits per heavy atom. The summed E-state index contributed by atoms with van der Waals surface area (Å²) in [6, 6.07) is 24.8. The first-order valence-corrected chi connectivity index (χ1v) is 19.2. The molecule has 0 saturated carbocycles. The Morgan fingerprint density at radius 2 is 1.51 bits per heavy atom. The average Bonchev–Trinajstić information content (AvgIpc) is 3.54. The third-order valence-corrected chi connectivity index (χ3v) is 11.4. The van der Waals surface area contributed by atoms with E-state index in [1.54, 1.807) is 0 Å². The van der Waals surface area contributed by atoms with Gasteiger partial charge in [0.25, 0.3) is 0 Å². The number of carbonyl (C=O) groups excluding carboxylic acids is 1. The largest absolute Gasteiger partial charge is 0.512 e. The molecular weight excluding hydrogens is 833 g/mol. The first kappa shape index (κ1) is 41.9. The molecule has 0 spiro atoms. The Kier molecular flexibility index (Phi) is 13.5. The van der Waals surface area contributed by atoms with Crippen LogP contribution in [0.25, 0.3) is 54.9 Å². The van der Waals surface area contributed by atoms with Crippen molar-refractivity contribution in [3.8, 4) is 11.3 Å². The summed E-state index contributed by atoms with van der Waals surface area (Å²) in [7, 11) is 0. The van der Waals surface area contributed by atoms with Gasteiger partial charge >= 0.3 is 0 Å². The molecule has 0 aliphatic heterocycles. The van der Waals surface area contributed by atoms with Crippen LogP contribution < -0.4 is 0 Å². The van der Waals surface area contributed by atoms with Crippen molar-refractivity contribution in [1.82, 2.24) is 9.97 Å². The number of fused-ring (bicyclic) bond motifs is 6. The molecular formula is C47H57IrN2O3-. The molecule has 1 radical (unpaired) electrons. The fourth-order valence-corrected chi connectivity index (χ4v) is 6.91. The van der Waals surface area contributed by atoms with E-state index in [1.807, 2.05) is 53.7 Å². The first-order chi connectivity index (χ1) is 24.7. The van der Waals surface area contributed by atoms with E-state index >= 15 is 0 Å². The minimum Gasteiger partial charge on any atom is -0.512 e. The molecule has 0 aliphatic rings. The van der Waals surface area contributed by atoms with E-state index in [4.69, 9.17) is 14.4 Å². The number of nitrogens with zero attached hydrogens (tertiary/aromatic N) is 2. The molecule has 2 heterocycles. The topological polar surface area (TPSA) is 76.2 Å². The van der Waals surface area contributed by atoms with Crippen molar-refractivity contribution in [1.29, 1.82) is 0 Å². The molecule has 0 fully saturated rings. The molecule has 53 heavy (non-hydrogen) atoms. The van der Waals surface area contributed by atoms with Gasteiger partial charge in [0.1, 0.15) is 17.2 Å². The van der Waals surface area contributed by atoms with Gasteiger partial charge in [0.05, 0.1) is 11.1 Å². The Bertz CT molecular complexity index is 2250. The molecule has 5 nitrogen and oxygen atoms in total. The summed E-state index contributed by atoms with van der Waals surface area (Å²) in [6.45, 7) is 23.0. The normalized spacial score (nSPS) is 12.5. The van der Waals surface area contributed by atoms with Crippen molar-refractivity contribution in [3.63, 3.8) is 0 Å². The number of furan rings is 1. The van der Waals surface area contributed by atoms with Crippen molar-refractivity contribution in [2.24, 2.45) is 16.7 Å². The minimum absolute atomic E-state index is 0. The zero-order valence-corrected chi connectivity index (χ0v) is 35.9. The molecule has 283 valence electrons. The van der Waals surface area contributed by atoms with Crippen LogP contribution in [0.2, 0.25) is 0 Å². The molecule has 6 heteroatoms. The number of aryl methyl sites for hydroxylation is 1. The van der Waals surface area contributed by atoms with Gasteiger partial charge in [0.2, 0.25) is 0 Å². The van der Waals surface area contributed by atoms with Crippen LogP contribution in [0.4, 0.5) is 0 Å². The Morgan fingerprint density at radius 3 is 2.13 bits per heavy atom. The Labute approximate surface area is 330 Å². The average molecular weight is 890 g/mol. The van der Waals surface area contributed by atoms with E-state index in [2.05, 4.69) is 89.2 Å². The van der Waals surface area contributed by atoms with Gasteiger partial charge in [-0.2, -0.15) is 0 Å². The summed E-state index contributed by atoms with van der Waals surface area (Å²) in [5, 5.41) is 15.9. The summed E-state index contributed by atoms with van der Waals surface area (Å²) in [6.07, 6.45) is 5.77. The second kappa shape index (κ2) is 17.1. The van der Waals surface area contributed by atoms with Crippen LogP contribution in [0.1, 0.15) is 118 Å². The zero-order valence-electron chi connectivity index (χ0n) is 33.5. The van der Waals surface area contributed by atoms with Gasteiger partial charge in [0, 0.05) is 59.4 Å². The second-order valence-electron chi connectivity index (χ2n) is 15.7. The smallest absolute Gasteiger partial charge is 0.164 e. The molecule has 0 bridgehead atoms. The van der Waals surface area contributed by atoms with Gasteiger partial charge in [-0.25, -0.2) is 4.98 Å². The Balaban J connectivity index is 0.000000299. The van der Waals surface area contributed by atoms with Crippen molar-refractivity contribution in [2.45, 2.75) is 114 Å². The number of ketones is 1. The van der Waals surface area contributed by atoms with Crippen molar-refractivity contribution in [3.05, 3.63) is 95.5 Å². The number of hydrogen-bond donors (Lipinski definition) is 1. The number of hydrogen-bond acceptors (Lipinski definition) is 5. The monoisotopic (exact) mass is 890 g/mol. The van der Waals surface area contributed by atoms with Crippen LogP contribution in [0, 0.1) is 29.7 Å². The molecule has 0 unspecified atom stereocenters. The van der Waals surface area contributed by atoms with Crippen LogP contribution >= 0.6 is 0 Å². The molecule has 0 atom stereocenters. The number of aliphatic hydroxyl groups is 1. The van der Waals surface area contributed by atoms with Gasteiger partial charge in [-0.1, -0.05) is 136 Å². The standard InChI is InChI=1S/C32H29N2O.C15H28O2.Ir/c1-18(2)17-22-10-8-9-21-14-16-24-29(33-32(19(3)4)34-30(24)28(21)22)25-15-13-20(5)27-23-11-6-7-12-26(23)35-31(25)27;1-7-14(5,8-2)12(16)11-13(17)15(6,9-3)10-4;/h6-14,16,18-19H,17H2,1-5H3;11,16H,7-10H2,1-6H3;/q-1;;/b;12-11-;. The second-order valence-corrected chi connectivity index (χ2v) is 15.7. The van der Waals surface area contributed by atoms with Crippen LogP contribution in [0.15, 0.2) is 76.9 Å². The maximum Gasteiger partial charge on any atom is 0.164 e. The van der Waals surface area contributed by atoms with Crippen molar-refractivity contribution >= 4 is 49.4 Å². The first-order valence-electron chi connectivity index (χ1n) is 19.2. The predicted molar refractivity (Wildman–Crippen MR) is 219 cm³/mol. The number of benzene rings is 4. The summed E-state index contributed by atoms with van der Waals surface area (Å²) < 4.78 is 6.44. The van der Waals surface area contributed by atoms with Gasteiger partial charge in [-0.15, -0.1) is 17.7 Å². The number of allylic oxidation sites excluding steroid dienone is 2. The fraction of sp³-hybridized carbons (Fsp3) is 0.426. The summed E-state index contributed by atoms with van der Waals surface area (Å²) in [5.74, 6) is 1.89. The number of carbonyl (C=O) groups is 1. The Hall–Kier alpha value is -3.86. The molecule has 4 aromatic carbocycles. The molecule has 0 saturated heterocycles. The van der Waals surface area contributed by atoms with E-state index in [0.717, 1.165) is 87.6 Å². The number of para-hydroxylation sites is 1. The summed E-state index contributed by atoms with van der Waals surface area (Å²) in [4.78, 5) is 22.4. The third-order valence-electron chi connectivity index (χ3n) is 11.4. The van der Waals surface area contributed by atoms with Crippen LogP contribution in [-0.2, 0) is 31.3 Å². The van der Waals surface area contributed by atoms with Gasteiger partial charge in [-0.05, 0) is 60.4 Å². The summed E-state index contributed by atoms with van der Waals surface area (Å²) in [5.41, 5.74) is 6.43. The zero-order chi connectivity index (χ0) is 38.0. The number of aromatic nitrogens is 2. The number of aliphatic hydroxyl groups excluding tert-OH is 1. The number of rotatable bonds is 11. The van der Waals surface area contributed by atoms with E-state index in [-0.39, 0.29) is 48.4 Å². The molecule has 2 aromatic heterocycles.